The maximum absolute atomic E-state index is 9.99. The van der Waals surface area contributed by atoms with Gasteiger partial charge in [-0.25, -0.2) is 0 Å². The number of rotatable bonds is 5. The average Bonchev–Trinajstić information content (AvgIpc) is 1.85. The van der Waals surface area contributed by atoms with Crippen LogP contribution in [0.4, 0.5) is 0 Å². The zero-order valence-electron chi connectivity index (χ0n) is 5.79. The number of aliphatic hydroxyl groups excluding tert-OH is 1. The van der Waals surface area contributed by atoms with E-state index in [1.165, 1.54) is 0 Å². The van der Waals surface area contributed by atoms with Crippen LogP contribution in [-0.2, 0) is 4.79 Å². The highest BCUT2D eigenvalue weighted by atomic mass is 16.4. The van der Waals surface area contributed by atoms with Crippen molar-refractivity contribution in [3.05, 3.63) is 0 Å². The molecule has 0 aromatic heterocycles. The summed E-state index contributed by atoms with van der Waals surface area (Å²) in [5.41, 5.74) is 5.41. The van der Waals surface area contributed by atoms with Crippen LogP contribution in [0, 0.1) is 0 Å². The second-order valence-corrected chi connectivity index (χ2v) is 2.20. The molecule has 4 heteroatoms. The summed E-state index contributed by atoms with van der Waals surface area (Å²) in [5.74, 6) is -0.839. The van der Waals surface area contributed by atoms with E-state index >= 15 is 0 Å². The first kappa shape index (κ1) is 9.39. The van der Waals surface area contributed by atoms with Gasteiger partial charge >= 0.3 is 5.97 Å². The molecule has 10 heavy (non-hydrogen) atoms. The van der Waals surface area contributed by atoms with E-state index in [1.54, 1.807) is 0 Å². The van der Waals surface area contributed by atoms with Gasteiger partial charge in [0.1, 0.15) is 0 Å². The maximum Gasteiger partial charge on any atom is 0.303 e. The number of aliphatic carboxylic acids is 1. The van der Waals surface area contributed by atoms with Crippen molar-refractivity contribution in [1.82, 2.24) is 0 Å². The largest absolute Gasteiger partial charge is 0.481 e. The summed E-state index contributed by atoms with van der Waals surface area (Å²) in [6, 6.07) is -0.180. The van der Waals surface area contributed by atoms with Crippen LogP contribution < -0.4 is 5.73 Å². The smallest absolute Gasteiger partial charge is 0.303 e. The van der Waals surface area contributed by atoms with Crippen molar-refractivity contribution in [2.24, 2.45) is 5.73 Å². The Morgan fingerprint density at radius 2 is 2.10 bits per heavy atom. The van der Waals surface area contributed by atoms with E-state index in [-0.39, 0.29) is 19.1 Å². The topological polar surface area (TPSA) is 83.5 Å². The fraction of sp³-hybridized carbons (Fsp3) is 0.833. The molecule has 0 heterocycles. The van der Waals surface area contributed by atoms with Gasteiger partial charge in [0.2, 0.25) is 0 Å². The number of nitrogens with two attached hydrogens (primary N) is 1. The summed E-state index contributed by atoms with van der Waals surface area (Å²) >= 11 is 0. The van der Waals surface area contributed by atoms with Crippen LogP contribution in [0.1, 0.15) is 19.3 Å². The van der Waals surface area contributed by atoms with E-state index in [2.05, 4.69) is 0 Å². The molecule has 0 saturated carbocycles. The lowest BCUT2D eigenvalue weighted by Gasteiger charge is -2.06. The zero-order chi connectivity index (χ0) is 7.98. The van der Waals surface area contributed by atoms with Crippen LogP contribution in [0.25, 0.3) is 0 Å². The molecule has 1 atom stereocenters. The lowest BCUT2D eigenvalue weighted by atomic mass is 10.1. The van der Waals surface area contributed by atoms with Crippen molar-refractivity contribution < 1.29 is 15.0 Å². The van der Waals surface area contributed by atoms with Crippen molar-refractivity contribution >= 4 is 5.97 Å². The van der Waals surface area contributed by atoms with Gasteiger partial charge in [0.25, 0.3) is 0 Å². The van der Waals surface area contributed by atoms with Crippen molar-refractivity contribution in [3.8, 4) is 0 Å². The van der Waals surface area contributed by atoms with E-state index in [4.69, 9.17) is 15.9 Å². The summed E-state index contributed by atoms with van der Waals surface area (Å²) in [6.45, 7) is 0.0286. The first-order chi connectivity index (χ1) is 4.66. The van der Waals surface area contributed by atoms with Crippen LogP contribution in [0.15, 0.2) is 0 Å². The third kappa shape index (κ3) is 5.53. The number of carboxylic acids is 1. The molecule has 0 fully saturated rings. The second-order valence-electron chi connectivity index (χ2n) is 2.20. The predicted octanol–water partition coefficient (Wildman–Crippen LogP) is -0.439. The number of hydrogen-bond donors (Lipinski definition) is 3. The molecule has 0 aliphatic rings. The van der Waals surface area contributed by atoms with Gasteiger partial charge in [-0.05, 0) is 12.8 Å². The van der Waals surface area contributed by atoms with Crippen molar-refractivity contribution in [3.63, 3.8) is 0 Å². The molecule has 4 nitrogen and oxygen atoms in total. The highest BCUT2D eigenvalue weighted by molar-refractivity contribution is 5.66. The molecule has 0 aromatic rings. The summed E-state index contributed by atoms with van der Waals surface area (Å²) in [6.07, 6.45) is 1.00. The van der Waals surface area contributed by atoms with E-state index in [0.717, 1.165) is 0 Å². The zero-order valence-corrected chi connectivity index (χ0v) is 5.79. The van der Waals surface area contributed by atoms with Gasteiger partial charge in [0.05, 0.1) is 0 Å². The molecule has 0 amide bonds. The molecule has 0 rings (SSSR count). The molecular weight excluding hydrogens is 134 g/mol. The van der Waals surface area contributed by atoms with Crippen molar-refractivity contribution in [2.75, 3.05) is 6.61 Å². The highest BCUT2D eigenvalue weighted by Gasteiger charge is 2.03. The molecule has 0 bridgehead atoms. The number of hydrogen-bond acceptors (Lipinski definition) is 3. The summed E-state index contributed by atoms with van der Waals surface area (Å²) in [5, 5.41) is 16.6. The molecular formula is C6H13NO3. The Bertz CT molecular complexity index is 105. The minimum absolute atomic E-state index is 0.0286. The number of carboxylic acid groups (broad SMARTS) is 1. The molecule has 0 spiro atoms. The lowest BCUT2D eigenvalue weighted by molar-refractivity contribution is -0.137. The Hall–Kier alpha value is -0.610. The van der Waals surface area contributed by atoms with Gasteiger partial charge in [-0.2, -0.15) is 0 Å². The van der Waals surface area contributed by atoms with E-state index in [9.17, 15) is 4.79 Å². The molecule has 0 aliphatic heterocycles. The Morgan fingerprint density at radius 1 is 1.50 bits per heavy atom. The van der Waals surface area contributed by atoms with Gasteiger partial charge in [0.15, 0.2) is 0 Å². The predicted molar refractivity (Wildman–Crippen MR) is 36.5 cm³/mol. The Labute approximate surface area is 59.7 Å². The van der Waals surface area contributed by atoms with Gasteiger partial charge < -0.3 is 15.9 Å². The Morgan fingerprint density at radius 3 is 2.50 bits per heavy atom. The van der Waals surface area contributed by atoms with E-state index < -0.39 is 5.97 Å². The summed E-state index contributed by atoms with van der Waals surface area (Å²) in [7, 11) is 0. The van der Waals surface area contributed by atoms with Crippen LogP contribution in [-0.4, -0.2) is 28.8 Å². The summed E-state index contributed by atoms with van der Waals surface area (Å²) < 4.78 is 0. The average molecular weight is 147 g/mol. The van der Waals surface area contributed by atoms with Crippen LogP contribution in [0.2, 0.25) is 0 Å². The van der Waals surface area contributed by atoms with Crippen molar-refractivity contribution in [2.45, 2.75) is 25.3 Å². The Kier molecular flexibility index (Phi) is 4.88. The molecule has 0 radical (unpaired) electrons. The third-order valence-corrected chi connectivity index (χ3v) is 1.23. The number of aliphatic hydroxyl groups is 1. The monoisotopic (exact) mass is 147 g/mol. The minimum Gasteiger partial charge on any atom is -0.481 e. The van der Waals surface area contributed by atoms with Crippen LogP contribution in [0.5, 0.6) is 0 Å². The molecule has 0 unspecified atom stereocenters. The molecule has 4 N–H and O–H groups in total. The molecule has 0 saturated heterocycles. The van der Waals surface area contributed by atoms with Gasteiger partial charge in [0, 0.05) is 19.1 Å². The third-order valence-electron chi connectivity index (χ3n) is 1.23. The van der Waals surface area contributed by atoms with Gasteiger partial charge in [-0.1, -0.05) is 0 Å². The quantitative estimate of drug-likeness (QED) is 0.492. The normalized spacial score (nSPS) is 13.0. The second kappa shape index (κ2) is 5.20. The minimum atomic E-state index is -0.839. The van der Waals surface area contributed by atoms with Gasteiger partial charge in [-0.3, -0.25) is 4.79 Å². The standard InChI is InChI=1S/C6H13NO3/c7-5(3-4-8)1-2-6(9)10/h5,8H,1-4,7H2,(H,9,10)/t5-/m1/s1. The first-order valence-electron chi connectivity index (χ1n) is 3.25. The first-order valence-corrected chi connectivity index (χ1v) is 3.25. The fourth-order valence-electron chi connectivity index (χ4n) is 0.619. The Balaban J connectivity index is 3.21. The van der Waals surface area contributed by atoms with Crippen LogP contribution in [0.3, 0.4) is 0 Å². The van der Waals surface area contributed by atoms with E-state index in [1.807, 2.05) is 0 Å². The van der Waals surface area contributed by atoms with Crippen molar-refractivity contribution in [1.29, 1.82) is 0 Å². The lowest BCUT2D eigenvalue weighted by Crippen LogP contribution is -2.22. The van der Waals surface area contributed by atoms with Crippen LogP contribution >= 0.6 is 0 Å². The fourth-order valence-corrected chi connectivity index (χ4v) is 0.619. The highest BCUT2D eigenvalue weighted by Crippen LogP contribution is 1.97. The SMILES string of the molecule is N[C@@H](CCO)CCC(=O)O. The van der Waals surface area contributed by atoms with Gasteiger partial charge in [-0.15, -0.1) is 0 Å². The molecule has 60 valence electrons. The molecule has 0 aliphatic carbocycles. The number of carbonyl (C=O) groups is 1. The summed E-state index contributed by atoms with van der Waals surface area (Å²) in [4.78, 5) is 9.99. The maximum atomic E-state index is 9.99. The van der Waals surface area contributed by atoms with E-state index in [0.29, 0.717) is 12.8 Å². The molecule has 0 aromatic carbocycles.